The van der Waals surface area contributed by atoms with Gasteiger partial charge in [0.2, 0.25) is 5.91 Å². The lowest BCUT2D eigenvalue weighted by Gasteiger charge is -2.19. The number of rotatable bonds is 4. The highest BCUT2D eigenvalue weighted by Gasteiger charge is 2.30. The molecule has 0 atom stereocenters. The number of anilines is 1. The van der Waals surface area contributed by atoms with Gasteiger partial charge in [-0.1, -0.05) is 57.2 Å². The fourth-order valence-corrected chi connectivity index (χ4v) is 2.16. The van der Waals surface area contributed by atoms with E-state index in [0.29, 0.717) is 5.56 Å². The predicted octanol–water partition coefficient (Wildman–Crippen LogP) is 4.85. The number of amides is 2. The summed E-state index contributed by atoms with van der Waals surface area (Å²) in [4.78, 5) is 25.0. The molecule has 148 valence electrons. The average Bonchev–Trinajstić information content (AvgIpc) is 2.60. The van der Waals surface area contributed by atoms with Crippen LogP contribution in [0.4, 0.5) is 18.9 Å². The molecule has 4 nitrogen and oxygen atoms in total. The number of nitrogens with one attached hydrogen (secondary N) is 2. The molecule has 0 aliphatic carbocycles. The summed E-state index contributed by atoms with van der Waals surface area (Å²) < 4.78 is 38.6. The SMILES string of the molecule is CC(C)(C)C(=O)N/C(=C/c1ccccc1)C(=O)Nc1cccc(C(F)(F)F)c1. The molecule has 0 radical (unpaired) electrons. The van der Waals surface area contributed by atoms with Crippen LogP contribution in [0.15, 0.2) is 60.3 Å². The van der Waals surface area contributed by atoms with Gasteiger partial charge in [0.05, 0.1) is 5.56 Å². The smallest absolute Gasteiger partial charge is 0.321 e. The lowest BCUT2D eigenvalue weighted by atomic mass is 9.95. The number of carbonyl (C=O) groups excluding carboxylic acids is 2. The van der Waals surface area contributed by atoms with Gasteiger partial charge in [-0.15, -0.1) is 0 Å². The van der Waals surface area contributed by atoms with Crippen molar-refractivity contribution < 1.29 is 22.8 Å². The summed E-state index contributed by atoms with van der Waals surface area (Å²) in [6.45, 7) is 5.06. The number of hydrogen-bond acceptors (Lipinski definition) is 2. The zero-order valence-electron chi connectivity index (χ0n) is 15.7. The van der Waals surface area contributed by atoms with Crippen molar-refractivity contribution in [2.45, 2.75) is 26.9 Å². The molecular formula is C21H21F3N2O2. The zero-order valence-corrected chi connectivity index (χ0v) is 15.7. The van der Waals surface area contributed by atoms with Gasteiger partial charge in [-0.25, -0.2) is 0 Å². The zero-order chi connectivity index (χ0) is 20.9. The van der Waals surface area contributed by atoms with Gasteiger partial charge in [0.25, 0.3) is 5.91 Å². The highest BCUT2D eigenvalue weighted by atomic mass is 19.4. The van der Waals surface area contributed by atoms with Crippen LogP contribution in [-0.4, -0.2) is 11.8 Å². The predicted molar refractivity (Wildman–Crippen MR) is 102 cm³/mol. The molecule has 2 N–H and O–H groups in total. The highest BCUT2D eigenvalue weighted by molar-refractivity contribution is 6.09. The minimum Gasteiger partial charge on any atom is -0.321 e. The van der Waals surface area contributed by atoms with Gasteiger partial charge < -0.3 is 10.6 Å². The van der Waals surface area contributed by atoms with Gasteiger partial charge in [-0.2, -0.15) is 13.2 Å². The third-order valence-electron chi connectivity index (χ3n) is 3.73. The molecule has 0 spiro atoms. The van der Waals surface area contributed by atoms with Crippen LogP contribution in [0, 0.1) is 5.41 Å². The lowest BCUT2D eigenvalue weighted by Crippen LogP contribution is -2.38. The number of alkyl halides is 3. The monoisotopic (exact) mass is 390 g/mol. The first-order valence-corrected chi connectivity index (χ1v) is 8.53. The number of hydrogen-bond donors (Lipinski definition) is 2. The average molecular weight is 390 g/mol. The molecule has 0 bridgehead atoms. The van der Waals surface area contributed by atoms with Crippen LogP contribution < -0.4 is 10.6 Å². The van der Waals surface area contributed by atoms with Gasteiger partial charge in [0.15, 0.2) is 0 Å². The quantitative estimate of drug-likeness (QED) is 0.734. The molecule has 7 heteroatoms. The molecule has 2 aromatic rings. The molecule has 2 aromatic carbocycles. The molecule has 0 aliphatic rings. The Balaban J connectivity index is 2.31. The van der Waals surface area contributed by atoms with E-state index in [9.17, 15) is 22.8 Å². The molecule has 0 saturated heterocycles. The third-order valence-corrected chi connectivity index (χ3v) is 3.73. The fourth-order valence-electron chi connectivity index (χ4n) is 2.16. The summed E-state index contributed by atoms with van der Waals surface area (Å²) in [7, 11) is 0. The summed E-state index contributed by atoms with van der Waals surface area (Å²) in [5.74, 6) is -1.12. The Morgan fingerprint density at radius 3 is 2.14 bits per heavy atom. The van der Waals surface area contributed by atoms with Crippen LogP contribution in [0.2, 0.25) is 0 Å². The summed E-state index contributed by atoms with van der Waals surface area (Å²) in [6.07, 6.45) is -3.06. The Labute approximate surface area is 161 Å². The molecule has 0 unspecified atom stereocenters. The van der Waals surface area contributed by atoms with E-state index in [1.54, 1.807) is 51.1 Å². The van der Waals surface area contributed by atoms with E-state index < -0.39 is 29.0 Å². The van der Waals surface area contributed by atoms with Crippen LogP contribution in [0.25, 0.3) is 6.08 Å². The Hall–Kier alpha value is -3.09. The summed E-state index contributed by atoms with van der Waals surface area (Å²) in [6, 6.07) is 13.1. The van der Waals surface area contributed by atoms with Crippen LogP contribution >= 0.6 is 0 Å². The second-order valence-corrected chi connectivity index (χ2v) is 7.21. The Morgan fingerprint density at radius 2 is 1.57 bits per heavy atom. The molecule has 0 aromatic heterocycles. The maximum absolute atomic E-state index is 12.9. The second kappa shape index (κ2) is 8.29. The van der Waals surface area contributed by atoms with Gasteiger partial charge in [-0.05, 0) is 29.8 Å². The minimum atomic E-state index is -4.52. The molecule has 2 rings (SSSR count). The number of carbonyl (C=O) groups is 2. The van der Waals surface area contributed by atoms with Crippen molar-refractivity contribution in [1.29, 1.82) is 0 Å². The molecule has 0 fully saturated rings. The Morgan fingerprint density at radius 1 is 0.929 bits per heavy atom. The first-order valence-electron chi connectivity index (χ1n) is 8.53. The van der Waals surface area contributed by atoms with Gasteiger partial charge in [0.1, 0.15) is 5.70 Å². The third kappa shape index (κ3) is 5.97. The van der Waals surface area contributed by atoms with E-state index in [4.69, 9.17) is 0 Å². The second-order valence-electron chi connectivity index (χ2n) is 7.21. The van der Waals surface area contributed by atoms with Crippen molar-refractivity contribution in [2.75, 3.05) is 5.32 Å². The first kappa shape index (κ1) is 21.2. The van der Waals surface area contributed by atoms with E-state index in [2.05, 4.69) is 10.6 Å². The van der Waals surface area contributed by atoms with Crippen molar-refractivity contribution in [2.24, 2.45) is 5.41 Å². The largest absolute Gasteiger partial charge is 0.416 e. The molecular weight excluding hydrogens is 369 g/mol. The Bertz CT molecular complexity index is 883. The maximum Gasteiger partial charge on any atom is 0.416 e. The molecule has 28 heavy (non-hydrogen) atoms. The first-order chi connectivity index (χ1) is 13.0. The van der Waals surface area contributed by atoms with Crippen molar-refractivity contribution in [3.05, 3.63) is 71.4 Å². The fraction of sp³-hybridized carbons (Fsp3) is 0.238. The summed E-state index contributed by atoms with van der Waals surface area (Å²) >= 11 is 0. The van der Waals surface area contributed by atoms with Crippen LogP contribution in [0.1, 0.15) is 31.9 Å². The van der Waals surface area contributed by atoms with E-state index in [0.717, 1.165) is 12.1 Å². The molecule has 0 heterocycles. The van der Waals surface area contributed by atoms with Crippen molar-refractivity contribution in [1.82, 2.24) is 5.32 Å². The topological polar surface area (TPSA) is 58.2 Å². The van der Waals surface area contributed by atoms with Crippen LogP contribution in [-0.2, 0) is 15.8 Å². The molecule has 0 aliphatic heterocycles. The molecule has 0 saturated carbocycles. The Kier molecular flexibility index (Phi) is 6.28. The number of halogens is 3. The van der Waals surface area contributed by atoms with E-state index in [-0.39, 0.29) is 11.4 Å². The van der Waals surface area contributed by atoms with Crippen LogP contribution in [0.3, 0.4) is 0 Å². The summed E-state index contributed by atoms with van der Waals surface area (Å²) in [5, 5.41) is 4.97. The molecule has 2 amide bonds. The normalized spacial score (nSPS) is 12.4. The van der Waals surface area contributed by atoms with Crippen molar-refractivity contribution >= 4 is 23.6 Å². The number of benzene rings is 2. The van der Waals surface area contributed by atoms with Gasteiger partial charge in [-0.3, -0.25) is 9.59 Å². The summed E-state index contributed by atoms with van der Waals surface area (Å²) in [5.41, 5.74) is -1.07. The van der Waals surface area contributed by atoms with E-state index in [1.807, 2.05) is 0 Å². The minimum absolute atomic E-state index is 0.0243. The van der Waals surface area contributed by atoms with Gasteiger partial charge in [0, 0.05) is 11.1 Å². The van der Waals surface area contributed by atoms with Crippen molar-refractivity contribution in [3.63, 3.8) is 0 Å². The van der Waals surface area contributed by atoms with Gasteiger partial charge >= 0.3 is 6.18 Å². The standard InChI is InChI=1S/C21H21F3N2O2/c1-20(2,3)19(28)26-17(12-14-8-5-4-6-9-14)18(27)25-16-11-7-10-15(13-16)21(22,23)24/h4-13H,1-3H3,(H,25,27)(H,26,28)/b17-12+. The maximum atomic E-state index is 12.9. The van der Waals surface area contributed by atoms with E-state index in [1.165, 1.54) is 18.2 Å². The lowest BCUT2D eigenvalue weighted by molar-refractivity contribution is -0.137. The van der Waals surface area contributed by atoms with E-state index >= 15 is 0 Å². The highest BCUT2D eigenvalue weighted by Crippen LogP contribution is 2.30. The van der Waals surface area contributed by atoms with Crippen LogP contribution in [0.5, 0.6) is 0 Å². The van der Waals surface area contributed by atoms with Crippen molar-refractivity contribution in [3.8, 4) is 0 Å².